The number of hydrogen-bond donors (Lipinski definition) is 1. The normalized spacial score (nSPS) is 15.8. The maximum atomic E-state index is 13.2. The topological polar surface area (TPSA) is 73.5 Å². The minimum Gasteiger partial charge on any atom is -0.358 e. The average Bonchev–Trinajstić information content (AvgIpc) is 3.05. The maximum Gasteiger partial charge on any atom is 0.256 e. The molecule has 6 nitrogen and oxygen atoms in total. The highest BCUT2D eigenvalue weighted by molar-refractivity contribution is 7.89. The van der Waals surface area contributed by atoms with Gasteiger partial charge in [-0.2, -0.15) is 4.31 Å². The van der Waals surface area contributed by atoms with Crippen LogP contribution in [-0.2, 0) is 10.0 Å². The summed E-state index contributed by atoms with van der Waals surface area (Å²) in [6.45, 7) is 6.94. The Morgan fingerprint density at radius 2 is 1.66 bits per heavy atom. The molecule has 0 radical (unpaired) electrons. The Morgan fingerprint density at radius 3 is 2.38 bits per heavy atom. The molecule has 3 aromatic rings. The number of benzene rings is 2. The zero-order chi connectivity index (χ0) is 20.8. The third-order valence-corrected chi connectivity index (χ3v) is 7.64. The number of H-pyrrole nitrogens is 1. The second-order valence-corrected chi connectivity index (χ2v) is 9.54. The lowest BCUT2D eigenvalue weighted by molar-refractivity contribution is 0.0699. The number of aryl methyl sites for hydroxylation is 3. The number of carbonyl (C=O) groups excluding carboxylic acids is 1. The summed E-state index contributed by atoms with van der Waals surface area (Å²) in [7, 11) is -3.57. The van der Waals surface area contributed by atoms with Crippen molar-refractivity contribution in [2.75, 3.05) is 26.2 Å². The van der Waals surface area contributed by atoms with Crippen LogP contribution in [0, 0.1) is 20.8 Å². The predicted octanol–water partition coefficient (Wildman–Crippen LogP) is 3.24. The monoisotopic (exact) mass is 411 g/mol. The number of hydrogen-bond acceptors (Lipinski definition) is 3. The molecule has 7 heteroatoms. The van der Waals surface area contributed by atoms with Crippen molar-refractivity contribution < 1.29 is 13.2 Å². The van der Waals surface area contributed by atoms with Crippen molar-refractivity contribution >= 4 is 26.8 Å². The van der Waals surface area contributed by atoms with E-state index in [1.54, 1.807) is 11.0 Å². The zero-order valence-corrected chi connectivity index (χ0v) is 17.7. The molecule has 1 N–H and O–H groups in total. The Hall–Kier alpha value is -2.64. The Kier molecular flexibility index (Phi) is 4.96. The highest BCUT2D eigenvalue weighted by Crippen LogP contribution is 2.26. The van der Waals surface area contributed by atoms with E-state index in [4.69, 9.17) is 0 Å². The number of sulfonamides is 1. The summed E-state index contributed by atoms with van der Waals surface area (Å²) in [6, 6.07) is 13.2. The minimum atomic E-state index is -3.57. The Balaban J connectivity index is 1.54. The molecular formula is C22H25N3O3S. The van der Waals surface area contributed by atoms with Crippen LogP contribution in [0.15, 0.2) is 47.4 Å². The fourth-order valence-corrected chi connectivity index (χ4v) is 5.70. The van der Waals surface area contributed by atoms with Crippen molar-refractivity contribution in [1.82, 2.24) is 14.2 Å². The third kappa shape index (κ3) is 3.45. The van der Waals surface area contributed by atoms with Gasteiger partial charge in [-0.15, -0.1) is 0 Å². The third-order valence-electron chi connectivity index (χ3n) is 5.59. The van der Waals surface area contributed by atoms with Crippen LogP contribution in [0.2, 0.25) is 0 Å². The second kappa shape index (κ2) is 7.31. The summed E-state index contributed by atoms with van der Waals surface area (Å²) in [5.41, 5.74) is 4.10. The Bertz CT molecular complexity index is 1190. The molecule has 2 heterocycles. The lowest BCUT2D eigenvalue weighted by atomic mass is 10.1. The van der Waals surface area contributed by atoms with Gasteiger partial charge in [0.05, 0.1) is 10.5 Å². The summed E-state index contributed by atoms with van der Waals surface area (Å²) >= 11 is 0. The van der Waals surface area contributed by atoms with E-state index in [2.05, 4.69) is 4.98 Å². The zero-order valence-electron chi connectivity index (χ0n) is 16.9. The molecule has 0 unspecified atom stereocenters. The minimum absolute atomic E-state index is 0.0521. The van der Waals surface area contributed by atoms with Crippen LogP contribution < -0.4 is 0 Å². The molecule has 152 valence electrons. The molecule has 1 amide bonds. The Morgan fingerprint density at radius 1 is 0.966 bits per heavy atom. The number of fused-ring (bicyclic) bond motifs is 1. The van der Waals surface area contributed by atoms with Crippen LogP contribution >= 0.6 is 0 Å². The fraction of sp³-hybridized carbons (Fsp3) is 0.318. The maximum absolute atomic E-state index is 13.2. The highest BCUT2D eigenvalue weighted by Gasteiger charge is 2.32. The van der Waals surface area contributed by atoms with Gasteiger partial charge in [0.2, 0.25) is 10.0 Å². The molecule has 0 spiro atoms. The molecule has 1 saturated heterocycles. The SMILES string of the molecule is Cc1ccc(C)c(S(=O)(=O)N2CCN(C(=O)c3c(C)[nH]c4ccccc34)CC2)c1. The number of aromatic nitrogens is 1. The molecular weight excluding hydrogens is 386 g/mol. The number of nitrogens with one attached hydrogen (secondary N) is 1. The van der Waals surface area contributed by atoms with Gasteiger partial charge in [-0.3, -0.25) is 4.79 Å². The number of carbonyl (C=O) groups is 1. The van der Waals surface area contributed by atoms with Gasteiger partial charge in [0.25, 0.3) is 5.91 Å². The molecule has 1 aromatic heterocycles. The number of para-hydroxylation sites is 1. The average molecular weight is 412 g/mol. The molecule has 0 atom stereocenters. The van der Waals surface area contributed by atoms with Gasteiger partial charge < -0.3 is 9.88 Å². The highest BCUT2D eigenvalue weighted by atomic mass is 32.2. The molecule has 0 aliphatic carbocycles. The van der Waals surface area contributed by atoms with Crippen LogP contribution in [0.3, 0.4) is 0 Å². The molecule has 1 fully saturated rings. The van der Waals surface area contributed by atoms with Crippen molar-refractivity contribution in [2.24, 2.45) is 0 Å². The van der Waals surface area contributed by atoms with E-state index >= 15 is 0 Å². The van der Waals surface area contributed by atoms with Gasteiger partial charge in [-0.1, -0.05) is 30.3 Å². The van der Waals surface area contributed by atoms with Crippen LogP contribution in [0.5, 0.6) is 0 Å². The molecule has 1 aliphatic rings. The van der Waals surface area contributed by atoms with Gasteiger partial charge in [-0.25, -0.2) is 8.42 Å². The lowest BCUT2D eigenvalue weighted by Crippen LogP contribution is -2.50. The summed E-state index contributed by atoms with van der Waals surface area (Å²) < 4.78 is 27.7. The summed E-state index contributed by atoms with van der Waals surface area (Å²) in [5, 5.41) is 0.903. The largest absolute Gasteiger partial charge is 0.358 e. The summed E-state index contributed by atoms with van der Waals surface area (Å²) in [5.74, 6) is -0.0521. The fourth-order valence-electron chi connectivity index (χ4n) is 3.97. The molecule has 2 aromatic carbocycles. The van der Waals surface area contributed by atoms with E-state index in [9.17, 15) is 13.2 Å². The van der Waals surface area contributed by atoms with Gasteiger partial charge >= 0.3 is 0 Å². The van der Waals surface area contributed by atoms with E-state index in [1.165, 1.54) is 4.31 Å². The quantitative estimate of drug-likeness (QED) is 0.719. The number of amides is 1. The molecule has 0 saturated carbocycles. The van der Waals surface area contributed by atoms with Crippen molar-refractivity contribution in [2.45, 2.75) is 25.7 Å². The van der Waals surface area contributed by atoms with E-state index in [0.29, 0.717) is 36.6 Å². The standard InChI is InChI=1S/C22H25N3O3S/c1-15-8-9-16(2)20(14-15)29(27,28)25-12-10-24(11-13-25)22(26)21-17(3)23-19-7-5-4-6-18(19)21/h4-9,14,23H,10-13H2,1-3H3. The molecule has 4 rings (SSSR count). The smallest absolute Gasteiger partial charge is 0.256 e. The van der Waals surface area contributed by atoms with Gasteiger partial charge in [0.1, 0.15) is 0 Å². The summed E-state index contributed by atoms with van der Waals surface area (Å²) in [6.07, 6.45) is 0. The number of nitrogens with zero attached hydrogens (tertiary/aromatic N) is 2. The van der Waals surface area contributed by atoms with Crippen molar-refractivity contribution in [3.8, 4) is 0 Å². The van der Waals surface area contributed by atoms with Gasteiger partial charge in [0.15, 0.2) is 0 Å². The first-order chi connectivity index (χ1) is 13.8. The van der Waals surface area contributed by atoms with E-state index < -0.39 is 10.0 Å². The van der Waals surface area contributed by atoms with Gasteiger partial charge in [-0.05, 0) is 44.0 Å². The number of aromatic amines is 1. The second-order valence-electron chi connectivity index (χ2n) is 7.64. The molecule has 29 heavy (non-hydrogen) atoms. The van der Waals surface area contributed by atoms with E-state index in [0.717, 1.165) is 27.7 Å². The number of rotatable bonds is 3. The van der Waals surface area contributed by atoms with Crippen LogP contribution in [0.4, 0.5) is 0 Å². The van der Waals surface area contributed by atoms with Crippen LogP contribution in [-0.4, -0.2) is 54.7 Å². The van der Waals surface area contributed by atoms with E-state index in [-0.39, 0.29) is 5.91 Å². The molecule has 1 aliphatic heterocycles. The van der Waals surface area contributed by atoms with Crippen LogP contribution in [0.25, 0.3) is 10.9 Å². The lowest BCUT2D eigenvalue weighted by Gasteiger charge is -2.34. The first-order valence-corrected chi connectivity index (χ1v) is 11.2. The molecule has 0 bridgehead atoms. The van der Waals surface area contributed by atoms with Crippen LogP contribution in [0.1, 0.15) is 27.2 Å². The van der Waals surface area contributed by atoms with E-state index in [1.807, 2.05) is 57.2 Å². The first kappa shape index (κ1) is 19.7. The first-order valence-electron chi connectivity index (χ1n) is 9.73. The van der Waals surface area contributed by atoms with Crippen molar-refractivity contribution in [3.63, 3.8) is 0 Å². The van der Waals surface area contributed by atoms with Crippen molar-refractivity contribution in [3.05, 3.63) is 64.8 Å². The van der Waals surface area contributed by atoms with Gasteiger partial charge in [0, 0.05) is 42.8 Å². The van der Waals surface area contributed by atoms with Crippen molar-refractivity contribution in [1.29, 1.82) is 0 Å². The Labute approximate surface area is 171 Å². The predicted molar refractivity (Wildman–Crippen MR) is 114 cm³/mol. The number of piperazine rings is 1. The summed E-state index contributed by atoms with van der Waals surface area (Å²) in [4.78, 5) is 18.5.